The molecule has 0 radical (unpaired) electrons. The van der Waals surface area contributed by atoms with Gasteiger partial charge in [0, 0.05) is 11.1 Å². The third kappa shape index (κ3) is 4.40. The van der Waals surface area contributed by atoms with Crippen molar-refractivity contribution >= 4 is 34.8 Å². The summed E-state index contributed by atoms with van der Waals surface area (Å²) in [4.78, 5) is 0. The zero-order chi connectivity index (χ0) is 12.0. The monoisotopic (exact) mass is 280 g/mol. The Hall–Kier alpha value is -0.110. The van der Waals surface area contributed by atoms with Crippen molar-refractivity contribution in [2.75, 3.05) is 6.61 Å². The summed E-state index contributed by atoms with van der Waals surface area (Å²) in [6, 6.07) is 3.30. The van der Waals surface area contributed by atoms with Crippen molar-refractivity contribution in [1.82, 2.24) is 0 Å². The van der Waals surface area contributed by atoms with Crippen molar-refractivity contribution < 1.29 is 4.74 Å². The van der Waals surface area contributed by atoms with Gasteiger partial charge in [0.25, 0.3) is 0 Å². The van der Waals surface area contributed by atoms with Crippen molar-refractivity contribution in [3.8, 4) is 5.75 Å². The predicted octanol–water partition coefficient (Wildman–Crippen LogP) is 5.61. The summed E-state index contributed by atoms with van der Waals surface area (Å²) in [5, 5.41) is 1.40. The molecule has 0 amide bonds. The molecular formula is C12H15Cl3O. The Morgan fingerprint density at radius 3 is 2.50 bits per heavy atom. The molecule has 16 heavy (non-hydrogen) atoms. The summed E-state index contributed by atoms with van der Waals surface area (Å²) in [5.41, 5.74) is 0. The van der Waals surface area contributed by atoms with Crippen LogP contribution in [0.5, 0.6) is 5.75 Å². The number of unbranched alkanes of at least 4 members (excludes halogenated alkanes) is 3. The maximum atomic E-state index is 5.99. The van der Waals surface area contributed by atoms with Crippen LogP contribution in [0, 0.1) is 0 Å². The van der Waals surface area contributed by atoms with Crippen LogP contribution in [0.15, 0.2) is 12.1 Å². The van der Waals surface area contributed by atoms with Gasteiger partial charge >= 0.3 is 0 Å². The average molecular weight is 282 g/mol. The van der Waals surface area contributed by atoms with Gasteiger partial charge in [0.2, 0.25) is 0 Å². The highest BCUT2D eigenvalue weighted by Gasteiger charge is 2.07. The minimum Gasteiger partial charge on any atom is -0.492 e. The Morgan fingerprint density at radius 2 is 1.81 bits per heavy atom. The first-order valence-electron chi connectivity index (χ1n) is 5.42. The zero-order valence-corrected chi connectivity index (χ0v) is 11.5. The first-order valence-corrected chi connectivity index (χ1v) is 6.56. The topological polar surface area (TPSA) is 9.23 Å². The second-order valence-electron chi connectivity index (χ2n) is 3.61. The largest absolute Gasteiger partial charge is 0.492 e. The molecule has 0 saturated carbocycles. The number of halogens is 3. The van der Waals surface area contributed by atoms with Gasteiger partial charge in [-0.05, 0) is 12.5 Å². The van der Waals surface area contributed by atoms with Crippen LogP contribution in [-0.2, 0) is 0 Å². The molecule has 0 atom stereocenters. The van der Waals surface area contributed by atoms with E-state index in [1.807, 2.05) is 0 Å². The molecule has 0 aliphatic heterocycles. The van der Waals surface area contributed by atoms with Crippen LogP contribution in [0.2, 0.25) is 15.1 Å². The number of hydrogen-bond donors (Lipinski definition) is 0. The summed E-state index contributed by atoms with van der Waals surface area (Å²) in [7, 11) is 0. The Balaban J connectivity index is 2.47. The number of benzene rings is 1. The molecule has 1 aromatic rings. The highest BCUT2D eigenvalue weighted by molar-refractivity contribution is 6.44. The Morgan fingerprint density at radius 1 is 1.06 bits per heavy atom. The van der Waals surface area contributed by atoms with Crippen LogP contribution in [0.4, 0.5) is 0 Å². The molecule has 0 heterocycles. The molecule has 1 nitrogen and oxygen atoms in total. The molecule has 0 N–H and O–H groups in total. The lowest BCUT2D eigenvalue weighted by molar-refractivity contribution is 0.305. The van der Waals surface area contributed by atoms with Crippen molar-refractivity contribution in [3.63, 3.8) is 0 Å². The lowest BCUT2D eigenvalue weighted by Gasteiger charge is -2.09. The van der Waals surface area contributed by atoms with Gasteiger partial charge in [-0.1, -0.05) is 61.0 Å². The first kappa shape index (κ1) is 14.0. The summed E-state index contributed by atoms with van der Waals surface area (Å²) in [6.45, 7) is 2.82. The first-order chi connectivity index (χ1) is 7.65. The maximum Gasteiger partial charge on any atom is 0.140 e. The van der Waals surface area contributed by atoms with E-state index in [4.69, 9.17) is 39.5 Å². The van der Waals surface area contributed by atoms with Gasteiger partial charge in [-0.15, -0.1) is 0 Å². The highest BCUT2D eigenvalue weighted by atomic mass is 35.5. The highest BCUT2D eigenvalue weighted by Crippen LogP contribution is 2.35. The molecule has 0 aliphatic carbocycles. The van der Waals surface area contributed by atoms with Crippen LogP contribution >= 0.6 is 34.8 Å². The minimum atomic E-state index is 0.428. The Labute approximate surface area is 112 Å². The number of hydrogen-bond acceptors (Lipinski definition) is 1. The molecular weight excluding hydrogens is 266 g/mol. The van der Waals surface area contributed by atoms with Crippen molar-refractivity contribution in [2.24, 2.45) is 0 Å². The second-order valence-corrected chi connectivity index (χ2v) is 4.83. The van der Waals surface area contributed by atoms with Gasteiger partial charge in [0.1, 0.15) is 10.8 Å². The van der Waals surface area contributed by atoms with Gasteiger partial charge in [-0.3, -0.25) is 0 Å². The summed E-state index contributed by atoms with van der Waals surface area (Å²) >= 11 is 17.7. The number of ether oxygens (including phenoxy) is 1. The summed E-state index contributed by atoms with van der Waals surface area (Å²) in [6.07, 6.45) is 4.63. The lowest BCUT2D eigenvalue weighted by atomic mass is 10.2. The Kier molecular flexibility index (Phi) is 6.33. The third-order valence-electron chi connectivity index (χ3n) is 2.22. The van der Waals surface area contributed by atoms with Crippen LogP contribution in [0.3, 0.4) is 0 Å². The molecule has 0 saturated heterocycles. The molecule has 0 fully saturated rings. The fourth-order valence-electron chi connectivity index (χ4n) is 1.35. The molecule has 90 valence electrons. The Bertz CT molecular complexity index is 339. The molecule has 0 aliphatic rings. The van der Waals surface area contributed by atoms with Gasteiger partial charge in [-0.25, -0.2) is 0 Å². The van der Waals surface area contributed by atoms with E-state index in [0.717, 1.165) is 6.42 Å². The fraction of sp³-hybridized carbons (Fsp3) is 0.500. The van der Waals surface area contributed by atoms with Gasteiger partial charge in [0.05, 0.1) is 11.6 Å². The molecule has 4 heteroatoms. The number of rotatable bonds is 6. The quantitative estimate of drug-likeness (QED) is 0.487. The van der Waals surface area contributed by atoms with Crippen LogP contribution < -0.4 is 4.74 Å². The fourth-order valence-corrected chi connectivity index (χ4v) is 1.99. The van der Waals surface area contributed by atoms with E-state index in [1.165, 1.54) is 19.3 Å². The lowest BCUT2D eigenvalue weighted by Crippen LogP contribution is -1.98. The molecule has 1 aromatic carbocycles. The van der Waals surface area contributed by atoms with Crippen molar-refractivity contribution in [3.05, 3.63) is 27.2 Å². The third-order valence-corrected chi connectivity index (χ3v) is 3.22. The van der Waals surface area contributed by atoms with Crippen LogP contribution in [0.1, 0.15) is 32.6 Å². The smallest absolute Gasteiger partial charge is 0.140 e. The van der Waals surface area contributed by atoms with E-state index in [2.05, 4.69) is 6.92 Å². The SMILES string of the molecule is CCCCCCOc1cc(Cl)cc(Cl)c1Cl. The normalized spacial score (nSPS) is 10.5. The molecule has 0 bridgehead atoms. The van der Waals surface area contributed by atoms with E-state index < -0.39 is 0 Å². The molecule has 0 spiro atoms. The van der Waals surface area contributed by atoms with Crippen LogP contribution in [0.25, 0.3) is 0 Å². The van der Waals surface area contributed by atoms with E-state index in [1.54, 1.807) is 12.1 Å². The second kappa shape index (κ2) is 7.26. The van der Waals surface area contributed by atoms with Gasteiger partial charge in [0.15, 0.2) is 0 Å². The van der Waals surface area contributed by atoms with Gasteiger partial charge < -0.3 is 4.74 Å². The molecule has 1 rings (SSSR count). The van der Waals surface area contributed by atoms with E-state index >= 15 is 0 Å². The zero-order valence-electron chi connectivity index (χ0n) is 9.23. The predicted molar refractivity (Wildman–Crippen MR) is 71.1 cm³/mol. The summed E-state index contributed by atoms with van der Waals surface area (Å²) < 4.78 is 5.54. The minimum absolute atomic E-state index is 0.428. The van der Waals surface area contributed by atoms with E-state index in [0.29, 0.717) is 27.4 Å². The van der Waals surface area contributed by atoms with E-state index in [9.17, 15) is 0 Å². The van der Waals surface area contributed by atoms with Crippen molar-refractivity contribution in [2.45, 2.75) is 32.6 Å². The summed E-state index contributed by atoms with van der Waals surface area (Å²) in [5.74, 6) is 0.565. The van der Waals surface area contributed by atoms with Gasteiger partial charge in [-0.2, -0.15) is 0 Å². The average Bonchev–Trinajstić information content (AvgIpc) is 2.24. The molecule has 0 unspecified atom stereocenters. The van der Waals surface area contributed by atoms with Crippen LogP contribution in [-0.4, -0.2) is 6.61 Å². The molecule has 0 aromatic heterocycles. The van der Waals surface area contributed by atoms with E-state index in [-0.39, 0.29) is 0 Å². The van der Waals surface area contributed by atoms with Crippen molar-refractivity contribution in [1.29, 1.82) is 0 Å². The standard InChI is InChI=1S/C12H15Cl3O/c1-2-3-4-5-6-16-11-8-9(13)7-10(14)12(11)15/h7-8H,2-6H2,1H3. The maximum absolute atomic E-state index is 5.99.